The molecule has 2 rings (SSSR count). The monoisotopic (exact) mass is 417 g/mol. The molecule has 0 aromatic heterocycles. The Morgan fingerprint density at radius 2 is 1.86 bits per heavy atom. The average molecular weight is 417 g/mol. The fourth-order valence-electron chi connectivity index (χ4n) is 3.14. The Kier molecular flexibility index (Phi) is 6.80. The highest BCUT2D eigenvalue weighted by Crippen LogP contribution is 2.33. The lowest BCUT2D eigenvalue weighted by atomic mass is 9.99. The molecule has 2 N–H and O–H groups in total. The van der Waals surface area contributed by atoms with Crippen LogP contribution in [0, 0.1) is 11.7 Å². The van der Waals surface area contributed by atoms with Crippen LogP contribution >= 0.6 is 0 Å². The second-order valence-corrected chi connectivity index (χ2v) is 8.19. The summed E-state index contributed by atoms with van der Waals surface area (Å²) in [5.74, 6) is -2.17. The van der Waals surface area contributed by atoms with E-state index in [0.29, 0.717) is 31.6 Å². The Morgan fingerprint density at radius 1 is 1.21 bits per heavy atom. The van der Waals surface area contributed by atoms with E-state index in [1.165, 1.54) is 6.07 Å². The molecule has 1 saturated heterocycles. The predicted molar refractivity (Wildman–Crippen MR) is 102 cm³/mol. The molecule has 29 heavy (non-hydrogen) atoms. The minimum absolute atomic E-state index is 0.240. The van der Waals surface area contributed by atoms with Gasteiger partial charge in [-0.3, -0.25) is 9.59 Å². The first-order valence-electron chi connectivity index (χ1n) is 9.56. The number of nitrogens with one attached hydrogen (secondary N) is 2. The number of hydrogen-bond donors (Lipinski definition) is 2. The van der Waals surface area contributed by atoms with Crippen molar-refractivity contribution in [1.82, 2.24) is 10.6 Å². The van der Waals surface area contributed by atoms with Gasteiger partial charge >= 0.3 is 6.18 Å². The Labute approximate surface area is 167 Å². The van der Waals surface area contributed by atoms with Gasteiger partial charge in [-0.1, -0.05) is 13.8 Å². The molecule has 1 aromatic carbocycles. The van der Waals surface area contributed by atoms with E-state index < -0.39 is 23.1 Å². The normalized spacial score (nSPS) is 18.0. The molecule has 1 aliphatic rings. The summed E-state index contributed by atoms with van der Waals surface area (Å²) < 4.78 is 52.1. The molecule has 2 amide bonds. The van der Waals surface area contributed by atoms with E-state index in [1.807, 2.05) is 0 Å². The van der Waals surface area contributed by atoms with Crippen molar-refractivity contribution < 1.29 is 27.2 Å². The molecule has 1 aliphatic heterocycles. The van der Waals surface area contributed by atoms with Gasteiger partial charge in [0, 0.05) is 30.7 Å². The minimum atomic E-state index is -4.74. The smallest absolute Gasteiger partial charge is 0.369 e. The summed E-state index contributed by atoms with van der Waals surface area (Å²) in [6.07, 6.45) is -3.38. The largest absolute Gasteiger partial charge is 0.419 e. The lowest BCUT2D eigenvalue weighted by molar-refractivity contribution is -0.140. The van der Waals surface area contributed by atoms with Crippen molar-refractivity contribution in [2.75, 3.05) is 18.0 Å². The van der Waals surface area contributed by atoms with Gasteiger partial charge in [-0.25, -0.2) is 4.39 Å². The van der Waals surface area contributed by atoms with E-state index in [9.17, 15) is 27.2 Å². The molecule has 1 unspecified atom stereocenters. The fraction of sp³-hybridized carbons (Fsp3) is 0.600. The quantitative estimate of drug-likeness (QED) is 0.722. The van der Waals surface area contributed by atoms with Gasteiger partial charge in [-0.15, -0.1) is 0 Å². The zero-order chi connectivity index (χ0) is 22.0. The number of carbonyl (C=O) groups is 2. The second kappa shape index (κ2) is 8.59. The molecule has 1 aromatic rings. The van der Waals surface area contributed by atoms with Crippen molar-refractivity contribution in [3.63, 3.8) is 0 Å². The van der Waals surface area contributed by atoms with Gasteiger partial charge < -0.3 is 15.5 Å². The number of hydrogen-bond acceptors (Lipinski definition) is 3. The van der Waals surface area contributed by atoms with E-state index in [-0.39, 0.29) is 23.8 Å². The van der Waals surface area contributed by atoms with Gasteiger partial charge in [-0.2, -0.15) is 13.2 Å². The Morgan fingerprint density at radius 3 is 2.41 bits per heavy atom. The summed E-state index contributed by atoms with van der Waals surface area (Å²) in [7, 11) is 0. The zero-order valence-corrected chi connectivity index (χ0v) is 17.0. The number of amides is 2. The Bertz CT molecular complexity index is 763. The van der Waals surface area contributed by atoms with E-state index in [2.05, 4.69) is 10.6 Å². The molecule has 162 valence electrons. The molecule has 1 atom stereocenters. The second-order valence-electron chi connectivity index (χ2n) is 8.19. The zero-order valence-electron chi connectivity index (χ0n) is 17.0. The maximum absolute atomic E-state index is 13.9. The number of benzene rings is 1. The van der Waals surface area contributed by atoms with Crippen LogP contribution in [0.5, 0.6) is 0 Å². The van der Waals surface area contributed by atoms with Crippen molar-refractivity contribution in [3.05, 3.63) is 29.6 Å². The molecule has 0 aliphatic carbocycles. The number of piperidine rings is 1. The van der Waals surface area contributed by atoms with E-state index in [0.717, 1.165) is 12.1 Å². The molecule has 0 bridgehead atoms. The number of carbonyl (C=O) groups excluding carboxylic acids is 2. The SMILES string of the molecule is CC(C)C(=O)NC(C)(C)C(=O)NC1CCCN(c2ccc(C(F)(F)F)c(F)c2)C1. The first kappa shape index (κ1) is 23.0. The molecule has 9 heteroatoms. The van der Waals surface area contributed by atoms with Gasteiger partial charge in [0.15, 0.2) is 0 Å². The van der Waals surface area contributed by atoms with Gasteiger partial charge in [-0.05, 0) is 44.9 Å². The van der Waals surface area contributed by atoms with Crippen molar-refractivity contribution in [1.29, 1.82) is 0 Å². The maximum atomic E-state index is 13.9. The van der Waals surface area contributed by atoms with Gasteiger partial charge in [0.1, 0.15) is 11.4 Å². The van der Waals surface area contributed by atoms with Gasteiger partial charge in [0.2, 0.25) is 11.8 Å². The summed E-state index contributed by atoms with van der Waals surface area (Å²) in [4.78, 5) is 26.3. The third kappa shape index (κ3) is 5.83. The molecular formula is C20H27F4N3O2. The summed E-state index contributed by atoms with van der Waals surface area (Å²) in [6.45, 7) is 7.55. The fourth-order valence-corrected chi connectivity index (χ4v) is 3.14. The summed E-state index contributed by atoms with van der Waals surface area (Å²) in [5.41, 5.74) is -2.07. The standard InChI is InChI=1S/C20H27F4N3O2/c1-12(2)17(28)26-19(3,4)18(29)25-13-6-5-9-27(11-13)14-7-8-15(16(21)10-14)20(22,23)24/h7-8,10,12-13H,5-6,9,11H2,1-4H3,(H,25,29)(H,26,28). The maximum Gasteiger partial charge on any atom is 0.419 e. The average Bonchev–Trinajstić information content (AvgIpc) is 2.60. The first-order chi connectivity index (χ1) is 13.3. The van der Waals surface area contributed by atoms with Gasteiger partial charge in [0.05, 0.1) is 5.56 Å². The van der Waals surface area contributed by atoms with E-state index in [4.69, 9.17) is 0 Å². The van der Waals surface area contributed by atoms with E-state index >= 15 is 0 Å². The lowest BCUT2D eigenvalue weighted by Crippen LogP contribution is -2.59. The van der Waals surface area contributed by atoms with Crippen LogP contribution < -0.4 is 15.5 Å². The van der Waals surface area contributed by atoms with Crippen LogP contribution in [0.2, 0.25) is 0 Å². The lowest BCUT2D eigenvalue weighted by Gasteiger charge is -2.36. The Hall–Kier alpha value is -2.32. The van der Waals surface area contributed by atoms with Crippen LogP contribution in [0.15, 0.2) is 18.2 Å². The van der Waals surface area contributed by atoms with Crippen molar-refractivity contribution in [2.45, 2.75) is 58.3 Å². The topological polar surface area (TPSA) is 61.4 Å². The predicted octanol–water partition coefficient (Wildman–Crippen LogP) is 3.48. The number of alkyl halides is 3. The highest BCUT2D eigenvalue weighted by molar-refractivity contribution is 5.91. The molecule has 1 heterocycles. The third-order valence-corrected chi connectivity index (χ3v) is 4.91. The summed E-state index contributed by atoms with van der Waals surface area (Å²) in [5, 5.41) is 5.58. The van der Waals surface area contributed by atoms with Crippen molar-refractivity contribution in [2.24, 2.45) is 5.92 Å². The molecular weight excluding hydrogens is 390 g/mol. The van der Waals surface area contributed by atoms with Gasteiger partial charge in [0.25, 0.3) is 0 Å². The third-order valence-electron chi connectivity index (χ3n) is 4.91. The van der Waals surface area contributed by atoms with Crippen LogP contribution in [0.4, 0.5) is 23.2 Å². The highest BCUT2D eigenvalue weighted by atomic mass is 19.4. The van der Waals surface area contributed by atoms with Crippen LogP contribution in [0.25, 0.3) is 0 Å². The van der Waals surface area contributed by atoms with Crippen LogP contribution in [0.1, 0.15) is 46.1 Å². The molecule has 0 saturated carbocycles. The first-order valence-corrected chi connectivity index (χ1v) is 9.56. The van der Waals surface area contributed by atoms with Crippen molar-refractivity contribution in [3.8, 4) is 0 Å². The van der Waals surface area contributed by atoms with Crippen LogP contribution in [0.3, 0.4) is 0 Å². The minimum Gasteiger partial charge on any atom is -0.369 e. The van der Waals surface area contributed by atoms with Crippen LogP contribution in [-0.4, -0.2) is 36.5 Å². The number of nitrogens with zero attached hydrogens (tertiary/aromatic N) is 1. The molecule has 1 fully saturated rings. The molecule has 0 radical (unpaired) electrons. The van der Waals surface area contributed by atoms with E-state index in [1.54, 1.807) is 32.6 Å². The number of halogens is 4. The highest BCUT2D eigenvalue weighted by Gasteiger charge is 2.35. The van der Waals surface area contributed by atoms with Crippen molar-refractivity contribution >= 4 is 17.5 Å². The molecule has 5 nitrogen and oxygen atoms in total. The number of rotatable bonds is 5. The Balaban J connectivity index is 2.05. The molecule has 0 spiro atoms. The number of anilines is 1. The van der Waals surface area contributed by atoms with Crippen LogP contribution in [-0.2, 0) is 15.8 Å². The summed E-state index contributed by atoms with van der Waals surface area (Å²) >= 11 is 0. The summed E-state index contributed by atoms with van der Waals surface area (Å²) in [6, 6.07) is 2.58.